The highest BCUT2D eigenvalue weighted by Gasteiger charge is 2.13. The number of benzene rings is 2. The molecule has 0 radical (unpaired) electrons. The Kier molecular flexibility index (Phi) is 3.43. The molecule has 3 aromatic rings. The molecule has 0 spiro atoms. The molecule has 0 fully saturated rings. The van der Waals surface area contributed by atoms with Gasteiger partial charge in [-0.1, -0.05) is 29.4 Å². The van der Waals surface area contributed by atoms with Crippen molar-refractivity contribution in [1.29, 1.82) is 0 Å². The quantitative estimate of drug-likeness (QED) is 0.792. The van der Waals surface area contributed by atoms with Crippen LogP contribution in [0.1, 0.15) is 12.3 Å². The Morgan fingerprint density at radius 1 is 1.10 bits per heavy atom. The molecule has 0 aliphatic rings. The van der Waals surface area contributed by atoms with Crippen molar-refractivity contribution in [2.24, 2.45) is 5.73 Å². The van der Waals surface area contributed by atoms with Gasteiger partial charge in [-0.05, 0) is 30.5 Å². The fraction of sp³-hybridized carbons (Fsp3) is 0.200. The molecule has 1 aromatic heterocycles. The first-order valence-electron chi connectivity index (χ1n) is 6.50. The molecule has 0 saturated heterocycles. The van der Waals surface area contributed by atoms with Crippen LogP contribution < -0.4 is 5.73 Å². The van der Waals surface area contributed by atoms with E-state index >= 15 is 0 Å². The lowest BCUT2D eigenvalue weighted by Crippen LogP contribution is -2.00. The van der Waals surface area contributed by atoms with Gasteiger partial charge in [-0.25, -0.2) is 4.39 Å². The molecule has 0 atom stereocenters. The van der Waals surface area contributed by atoms with Gasteiger partial charge in [0.15, 0.2) is 0 Å². The number of hydrogen-bond donors (Lipinski definition) is 1. The van der Waals surface area contributed by atoms with E-state index in [9.17, 15) is 4.39 Å². The predicted molar refractivity (Wildman–Crippen MR) is 74.6 cm³/mol. The van der Waals surface area contributed by atoms with Crippen LogP contribution >= 0.6 is 0 Å². The van der Waals surface area contributed by atoms with Crippen LogP contribution in [0.5, 0.6) is 0 Å². The molecule has 4 nitrogen and oxygen atoms in total. The molecule has 0 amide bonds. The van der Waals surface area contributed by atoms with E-state index in [-0.39, 0.29) is 5.82 Å². The number of hydrogen-bond acceptors (Lipinski definition) is 4. The van der Waals surface area contributed by atoms with Crippen LogP contribution in [-0.2, 0) is 6.42 Å². The second-order valence-corrected chi connectivity index (χ2v) is 4.54. The van der Waals surface area contributed by atoms with E-state index in [1.54, 1.807) is 18.2 Å². The summed E-state index contributed by atoms with van der Waals surface area (Å²) in [7, 11) is 0. The van der Waals surface area contributed by atoms with Crippen LogP contribution in [0, 0.1) is 5.82 Å². The Bertz CT molecular complexity index is 739. The van der Waals surface area contributed by atoms with E-state index in [1.807, 2.05) is 12.1 Å². The zero-order valence-corrected chi connectivity index (χ0v) is 10.8. The first-order chi connectivity index (χ1) is 9.79. The number of rotatable bonds is 4. The molecule has 1 heterocycles. The highest BCUT2D eigenvalue weighted by Crippen LogP contribution is 2.28. The van der Waals surface area contributed by atoms with Crippen LogP contribution in [0.15, 0.2) is 40.9 Å². The summed E-state index contributed by atoms with van der Waals surface area (Å²) in [6.45, 7) is 0.581. The summed E-state index contributed by atoms with van der Waals surface area (Å²) in [6, 6.07) is 10.4. The van der Waals surface area contributed by atoms with Gasteiger partial charge in [0.2, 0.25) is 11.7 Å². The molecular formula is C15H14FN3O. The minimum Gasteiger partial charge on any atom is -0.339 e. The van der Waals surface area contributed by atoms with Crippen molar-refractivity contribution in [2.75, 3.05) is 6.54 Å². The Labute approximate surface area is 115 Å². The summed E-state index contributed by atoms with van der Waals surface area (Å²) >= 11 is 0. The third-order valence-corrected chi connectivity index (χ3v) is 3.17. The lowest BCUT2D eigenvalue weighted by Gasteiger charge is -2.03. The summed E-state index contributed by atoms with van der Waals surface area (Å²) in [5.74, 6) is 0.781. The molecule has 0 unspecified atom stereocenters. The van der Waals surface area contributed by atoms with Crippen molar-refractivity contribution >= 4 is 10.8 Å². The molecule has 0 aliphatic heterocycles. The zero-order chi connectivity index (χ0) is 13.9. The lowest BCUT2D eigenvalue weighted by atomic mass is 10.0. The normalized spacial score (nSPS) is 11.1. The Hall–Kier alpha value is -2.27. The third-order valence-electron chi connectivity index (χ3n) is 3.17. The van der Waals surface area contributed by atoms with Gasteiger partial charge >= 0.3 is 0 Å². The number of nitrogens with zero attached hydrogens (tertiary/aromatic N) is 2. The van der Waals surface area contributed by atoms with Gasteiger partial charge in [0, 0.05) is 17.4 Å². The maximum absolute atomic E-state index is 13.8. The van der Waals surface area contributed by atoms with Gasteiger partial charge < -0.3 is 10.3 Å². The molecule has 0 bridgehead atoms. The van der Waals surface area contributed by atoms with Crippen molar-refractivity contribution in [3.63, 3.8) is 0 Å². The van der Waals surface area contributed by atoms with Gasteiger partial charge in [-0.3, -0.25) is 0 Å². The first-order valence-corrected chi connectivity index (χ1v) is 6.50. The second-order valence-electron chi connectivity index (χ2n) is 4.54. The highest BCUT2D eigenvalue weighted by molar-refractivity contribution is 5.95. The molecule has 3 rings (SSSR count). The molecule has 2 aromatic carbocycles. The number of halogens is 1. The SMILES string of the molecule is NCCCc1nc(-c2ccc(F)c3ccccc23)no1. The van der Waals surface area contributed by atoms with E-state index in [0.29, 0.717) is 30.1 Å². The predicted octanol–water partition coefficient (Wildman–Crippen LogP) is 2.92. The summed E-state index contributed by atoms with van der Waals surface area (Å²) in [5.41, 5.74) is 6.22. The number of fused-ring (bicyclic) bond motifs is 1. The van der Waals surface area contributed by atoms with Gasteiger partial charge in [0.1, 0.15) is 5.82 Å². The van der Waals surface area contributed by atoms with Crippen LogP contribution in [0.25, 0.3) is 22.2 Å². The maximum Gasteiger partial charge on any atom is 0.227 e. The van der Waals surface area contributed by atoms with Crippen LogP contribution in [0.2, 0.25) is 0 Å². The smallest absolute Gasteiger partial charge is 0.227 e. The minimum atomic E-state index is -0.254. The van der Waals surface area contributed by atoms with Crippen molar-refractivity contribution in [3.05, 3.63) is 48.1 Å². The fourth-order valence-corrected chi connectivity index (χ4v) is 2.18. The molecule has 0 aliphatic carbocycles. The summed E-state index contributed by atoms with van der Waals surface area (Å²) in [6.07, 6.45) is 1.45. The molecule has 102 valence electrons. The van der Waals surface area contributed by atoms with Gasteiger partial charge in [-0.15, -0.1) is 0 Å². The van der Waals surface area contributed by atoms with Crippen molar-refractivity contribution in [3.8, 4) is 11.4 Å². The average molecular weight is 271 g/mol. The largest absolute Gasteiger partial charge is 0.339 e. The average Bonchev–Trinajstić information content (AvgIpc) is 2.94. The van der Waals surface area contributed by atoms with E-state index in [1.165, 1.54) is 6.07 Å². The van der Waals surface area contributed by atoms with E-state index in [0.717, 1.165) is 17.4 Å². The number of nitrogens with two attached hydrogens (primary N) is 1. The molecule has 20 heavy (non-hydrogen) atoms. The fourth-order valence-electron chi connectivity index (χ4n) is 2.18. The van der Waals surface area contributed by atoms with Gasteiger partial charge in [0.25, 0.3) is 0 Å². The third kappa shape index (κ3) is 2.28. The van der Waals surface area contributed by atoms with Crippen molar-refractivity contribution in [2.45, 2.75) is 12.8 Å². The van der Waals surface area contributed by atoms with Gasteiger partial charge in [0.05, 0.1) is 0 Å². The van der Waals surface area contributed by atoms with Crippen molar-refractivity contribution < 1.29 is 8.91 Å². The molecule has 5 heteroatoms. The number of aromatic nitrogens is 2. The monoisotopic (exact) mass is 271 g/mol. The van der Waals surface area contributed by atoms with Gasteiger partial charge in [-0.2, -0.15) is 4.98 Å². The standard InChI is InChI=1S/C15H14FN3O/c16-13-8-7-12(10-4-1-2-5-11(10)13)15-18-14(20-19-15)6-3-9-17/h1-2,4-5,7-8H,3,6,9,17H2. The van der Waals surface area contributed by atoms with Crippen LogP contribution in [0.4, 0.5) is 4.39 Å². The Morgan fingerprint density at radius 3 is 2.70 bits per heavy atom. The summed E-state index contributed by atoms with van der Waals surface area (Å²) < 4.78 is 19.0. The Balaban J connectivity index is 2.06. The van der Waals surface area contributed by atoms with Crippen LogP contribution in [-0.4, -0.2) is 16.7 Å². The second kappa shape index (κ2) is 5.38. The topological polar surface area (TPSA) is 64.9 Å². The maximum atomic E-state index is 13.8. The first kappa shape index (κ1) is 12.7. The molecule has 2 N–H and O–H groups in total. The van der Waals surface area contributed by atoms with Crippen molar-refractivity contribution in [1.82, 2.24) is 10.1 Å². The summed E-state index contributed by atoms with van der Waals surface area (Å²) in [4.78, 5) is 4.34. The van der Waals surface area contributed by atoms with E-state index < -0.39 is 0 Å². The van der Waals surface area contributed by atoms with E-state index in [4.69, 9.17) is 10.3 Å². The van der Waals surface area contributed by atoms with E-state index in [2.05, 4.69) is 10.1 Å². The minimum absolute atomic E-state index is 0.254. The van der Waals surface area contributed by atoms with Crippen LogP contribution in [0.3, 0.4) is 0 Å². The summed E-state index contributed by atoms with van der Waals surface area (Å²) in [5, 5.41) is 5.30. The lowest BCUT2D eigenvalue weighted by molar-refractivity contribution is 0.376. The highest BCUT2D eigenvalue weighted by atomic mass is 19.1. The molecular weight excluding hydrogens is 257 g/mol. The number of aryl methyl sites for hydroxylation is 1. The zero-order valence-electron chi connectivity index (χ0n) is 10.8. The Morgan fingerprint density at radius 2 is 1.90 bits per heavy atom. The molecule has 0 saturated carbocycles.